The van der Waals surface area contributed by atoms with Crippen molar-refractivity contribution in [1.29, 1.82) is 0 Å². The average Bonchev–Trinajstić information content (AvgIpc) is 2.82. The van der Waals surface area contributed by atoms with Crippen molar-refractivity contribution in [2.45, 2.75) is 76.2 Å². The molecule has 0 amide bonds. The van der Waals surface area contributed by atoms with Crippen molar-refractivity contribution in [2.24, 2.45) is 15.8 Å². The number of carbonyl (C=O) groups is 1. The molecule has 0 fully saturated rings. The molecule has 0 heterocycles. The molecular formula is C37H44N2O. The van der Waals surface area contributed by atoms with Crippen LogP contribution < -0.4 is 4.90 Å². The highest BCUT2D eigenvalue weighted by molar-refractivity contribution is 6.23. The van der Waals surface area contributed by atoms with Crippen molar-refractivity contribution >= 4 is 34.2 Å². The maximum absolute atomic E-state index is 13.4. The lowest BCUT2D eigenvalue weighted by Crippen LogP contribution is -2.29. The van der Waals surface area contributed by atoms with E-state index in [2.05, 4.69) is 136 Å². The van der Waals surface area contributed by atoms with Gasteiger partial charge in [0.1, 0.15) is 0 Å². The first-order chi connectivity index (χ1) is 18.6. The van der Waals surface area contributed by atoms with Gasteiger partial charge in [-0.2, -0.15) is 0 Å². The Bertz CT molecular complexity index is 1480. The third-order valence-electron chi connectivity index (χ3n) is 7.56. The summed E-state index contributed by atoms with van der Waals surface area (Å²) in [6.07, 6.45) is 3.95. The van der Waals surface area contributed by atoms with Crippen LogP contribution in [0.5, 0.6) is 0 Å². The fourth-order valence-electron chi connectivity index (χ4n) is 5.36. The van der Waals surface area contributed by atoms with E-state index in [1.165, 1.54) is 22.3 Å². The van der Waals surface area contributed by atoms with Gasteiger partial charge in [-0.05, 0) is 105 Å². The molecule has 40 heavy (non-hydrogen) atoms. The van der Waals surface area contributed by atoms with Gasteiger partial charge < -0.3 is 4.90 Å². The second-order valence-electron chi connectivity index (χ2n) is 13.4. The summed E-state index contributed by atoms with van der Waals surface area (Å²) in [6.45, 7) is 23.3. The number of aliphatic imine (C=N–C) groups is 1. The van der Waals surface area contributed by atoms with Crippen LogP contribution in [0.1, 0.15) is 69.4 Å². The molecule has 1 aliphatic carbocycles. The van der Waals surface area contributed by atoms with E-state index in [0.717, 1.165) is 45.2 Å². The predicted octanol–water partition coefficient (Wildman–Crippen LogP) is 10.3. The van der Waals surface area contributed by atoms with E-state index in [4.69, 9.17) is 4.99 Å². The van der Waals surface area contributed by atoms with Crippen molar-refractivity contribution in [3.63, 3.8) is 0 Å². The van der Waals surface area contributed by atoms with Crippen molar-refractivity contribution in [1.82, 2.24) is 0 Å². The molecule has 3 heteroatoms. The quantitative estimate of drug-likeness (QED) is 0.313. The molecule has 0 unspecified atom stereocenters. The molecule has 0 saturated heterocycles. The van der Waals surface area contributed by atoms with E-state index in [9.17, 15) is 4.79 Å². The second kappa shape index (κ2) is 10.7. The van der Waals surface area contributed by atoms with Gasteiger partial charge in [0.05, 0.1) is 11.4 Å². The second-order valence-corrected chi connectivity index (χ2v) is 13.4. The van der Waals surface area contributed by atoms with Gasteiger partial charge in [-0.3, -0.25) is 4.79 Å². The molecule has 1 aliphatic rings. The van der Waals surface area contributed by atoms with Crippen LogP contribution in [0.2, 0.25) is 0 Å². The minimum absolute atomic E-state index is 0.128. The molecule has 0 saturated carbocycles. The Kier molecular flexibility index (Phi) is 7.82. The van der Waals surface area contributed by atoms with Crippen LogP contribution in [0.25, 0.3) is 0 Å². The zero-order valence-electron chi connectivity index (χ0n) is 26.2. The van der Waals surface area contributed by atoms with Gasteiger partial charge in [0.15, 0.2) is 5.78 Å². The van der Waals surface area contributed by atoms with Gasteiger partial charge in [0.2, 0.25) is 0 Å². The summed E-state index contributed by atoms with van der Waals surface area (Å²) in [5.41, 5.74) is 12.3. The number of ketones is 1. The van der Waals surface area contributed by atoms with Crippen LogP contribution in [-0.2, 0) is 4.79 Å². The van der Waals surface area contributed by atoms with Crippen LogP contribution in [0.4, 0.5) is 22.7 Å². The van der Waals surface area contributed by atoms with Gasteiger partial charge in [-0.1, -0.05) is 76.9 Å². The highest BCUT2D eigenvalue weighted by Gasteiger charge is 2.34. The Hall–Kier alpha value is -3.72. The van der Waals surface area contributed by atoms with Crippen LogP contribution >= 0.6 is 0 Å². The number of rotatable bonds is 4. The molecule has 0 aliphatic heterocycles. The van der Waals surface area contributed by atoms with E-state index < -0.39 is 0 Å². The first kappa shape index (κ1) is 29.3. The first-order valence-electron chi connectivity index (χ1n) is 14.2. The van der Waals surface area contributed by atoms with E-state index in [1.807, 2.05) is 12.2 Å². The topological polar surface area (TPSA) is 32.7 Å². The largest absolute Gasteiger partial charge is 0.310 e. The average molecular weight is 533 g/mol. The predicted molar refractivity (Wildman–Crippen MR) is 172 cm³/mol. The SMILES string of the molecule is Cc1ccc(N(c2ccc(N=C3C=C(C(C)(C)C)C(=O)C(C(C)(C)C)=C3)c(C)c2)c2ccc(C)cc2C)c(C)c1. The summed E-state index contributed by atoms with van der Waals surface area (Å²) in [4.78, 5) is 20.8. The Morgan fingerprint density at radius 1 is 0.600 bits per heavy atom. The van der Waals surface area contributed by atoms with E-state index in [1.54, 1.807) is 0 Å². The molecule has 0 N–H and O–H groups in total. The number of nitrogens with zero attached hydrogens (tertiary/aromatic N) is 2. The number of Topliss-reactive ketones (excluding diaryl/α,β-unsaturated/α-hetero) is 1. The Morgan fingerprint density at radius 2 is 1.07 bits per heavy atom. The summed E-state index contributed by atoms with van der Waals surface area (Å²) < 4.78 is 0. The molecular weight excluding hydrogens is 488 g/mol. The van der Waals surface area contributed by atoms with Gasteiger partial charge in [0.25, 0.3) is 0 Å². The van der Waals surface area contributed by atoms with Crippen LogP contribution in [0, 0.1) is 45.4 Å². The fraction of sp³-hybridized carbons (Fsp3) is 0.351. The molecule has 0 spiro atoms. The third kappa shape index (κ3) is 6.04. The Labute approximate surface area is 241 Å². The number of carbonyl (C=O) groups excluding carboxylic acids is 1. The summed E-state index contributed by atoms with van der Waals surface area (Å²) in [5.74, 6) is 0.128. The molecule has 4 rings (SSSR count). The number of anilines is 3. The summed E-state index contributed by atoms with van der Waals surface area (Å²) >= 11 is 0. The zero-order chi connectivity index (χ0) is 29.6. The van der Waals surface area contributed by atoms with Crippen molar-refractivity contribution in [3.05, 3.63) is 106 Å². The fourth-order valence-corrected chi connectivity index (χ4v) is 5.36. The number of benzene rings is 3. The third-order valence-corrected chi connectivity index (χ3v) is 7.56. The zero-order valence-corrected chi connectivity index (χ0v) is 26.2. The smallest absolute Gasteiger partial charge is 0.186 e. The van der Waals surface area contributed by atoms with Crippen molar-refractivity contribution in [3.8, 4) is 0 Å². The van der Waals surface area contributed by atoms with Crippen molar-refractivity contribution in [2.75, 3.05) is 4.90 Å². The number of aryl methyl sites for hydroxylation is 5. The van der Waals surface area contributed by atoms with Gasteiger partial charge in [0, 0.05) is 28.2 Å². The summed E-state index contributed by atoms with van der Waals surface area (Å²) in [7, 11) is 0. The molecule has 3 aromatic carbocycles. The van der Waals surface area contributed by atoms with E-state index in [-0.39, 0.29) is 16.6 Å². The number of allylic oxidation sites excluding steroid dienone is 4. The lowest BCUT2D eigenvalue weighted by molar-refractivity contribution is -0.114. The molecule has 3 aromatic rings. The standard InChI is InChI=1S/C37H44N2O/c1-23-12-16-33(26(4)18-23)39(34-17-13-24(2)19-27(34)5)29-14-15-32(25(3)20-29)38-28-21-30(36(6,7)8)35(40)31(22-28)37(9,10)11/h12-22H,1-11H3. The van der Waals surface area contributed by atoms with Crippen LogP contribution in [0.3, 0.4) is 0 Å². The lowest BCUT2D eigenvalue weighted by atomic mass is 9.72. The van der Waals surface area contributed by atoms with Gasteiger partial charge in [-0.25, -0.2) is 4.99 Å². The first-order valence-corrected chi connectivity index (χ1v) is 14.2. The van der Waals surface area contributed by atoms with Gasteiger partial charge in [-0.15, -0.1) is 0 Å². The highest BCUT2D eigenvalue weighted by Crippen LogP contribution is 2.41. The van der Waals surface area contributed by atoms with Crippen LogP contribution in [0.15, 0.2) is 82.9 Å². The number of hydrogen-bond acceptors (Lipinski definition) is 3. The summed E-state index contributed by atoms with van der Waals surface area (Å²) in [5, 5.41) is 0. The molecule has 0 aromatic heterocycles. The molecule has 0 radical (unpaired) electrons. The summed E-state index contributed by atoms with van der Waals surface area (Å²) in [6, 6.07) is 19.7. The minimum atomic E-state index is -0.264. The molecule has 0 atom stereocenters. The van der Waals surface area contributed by atoms with E-state index >= 15 is 0 Å². The van der Waals surface area contributed by atoms with Crippen LogP contribution in [-0.4, -0.2) is 11.5 Å². The number of hydrogen-bond donors (Lipinski definition) is 0. The molecule has 3 nitrogen and oxygen atoms in total. The minimum Gasteiger partial charge on any atom is -0.310 e. The Morgan fingerprint density at radius 3 is 1.48 bits per heavy atom. The lowest BCUT2D eigenvalue weighted by Gasteiger charge is -2.31. The maximum Gasteiger partial charge on any atom is 0.186 e. The van der Waals surface area contributed by atoms with E-state index in [0.29, 0.717) is 0 Å². The highest BCUT2D eigenvalue weighted by atomic mass is 16.1. The molecule has 208 valence electrons. The molecule has 0 bridgehead atoms. The normalized spacial score (nSPS) is 14.2. The van der Waals surface area contributed by atoms with Crippen molar-refractivity contribution < 1.29 is 4.79 Å². The maximum atomic E-state index is 13.4. The Balaban J connectivity index is 1.85. The monoisotopic (exact) mass is 532 g/mol. The van der Waals surface area contributed by atoms with Gasteiger partial charge >= 0.3 is 0 Å².